The van der Waals surface area contributed by atoms with Gasteiger partial charge in [-0.2, -0.15) is 0 Å². The van der Waals surface area contributed by atoms with E-state index in [-0.39, 0.29) is 12.0 Å². The molecule has 1 aromatic rings. The molecule has 4 unspecified atom stereocenters. The Labute approximate surface area is 114 Å². The number of carbonyl (C=O) groups excluding carboxylic acids is 1. The van der Waals surface area contributed by atoms with Gasteiger partial charge >= 0.3 is 5.97 Å². The molecule has 1 aliphatic heterocycles. The number of methoxy groups -OCH3 is 1. The van der Waals surface area contributed by atoms with Crippen LogP contribution in [0.15, 0.2) is 23.3 Å². The van der Waals surface area contributed by atoms with Gasteiger partial charge in [0.1, 0.15) is 17.4 Å². The van der Waals surface area contributed by atoms with Gasteiger partial charge < -0.3 is 14.6 Å². The van der Waals surface area contributed by atoms with Crippen LogP contribution in [0.5, 0.6) is 5.75 Å². The van der Waals surface area contributed by atoms with Crippen LogP contribution in [0.2, 0.25) is 0 Å². The van der Waals surface area contributed by atoms with E-state index in [1.807, 2.05) is 6.07 Å². The van der Waals surface area contributed by atoms with E-state index in [2.05, 4.69) is 10.0 Å². The van der Waals surface area contributed by atoms with E-state index in [0.29, 0.717) is 17.7 Å². The van der Waals surface area contributed by atoms with Crippen molar-refractivity contribution in [2.24, 2.45) is 5.11 Å². The highest BCUT2D eigenvalue weighted by atomic mass is 16.5. The second-order valence-electron chi connectivity index (χ2n) is 4.90. The topological polar surface area (TPSA) is 105 Å². The third-order valence-corrected chi connectivity index (χ3v) is 3.92. The van der Waals surface area contributed by atoms with E-state index in [9.17, 15) is 9.90 Å². The van der Waals surface area contributed by atoms with Crippen LogP contribution in [0.25, 0.3) is 10.4 Å². The minimum absolute atomic E-state index is 0.273. The minimum Gasteiger partial charge on any atom is -0.488 e. The molecular formula is C13H13N3O4. The van der Waals surface area contributed by atoms with Crippen molar-refractivity contribution in [3.63, 3.8) is 0 Å². The van der Waals surface area contributed by atoms with Gasteiger partial charge in [-0.1, -0.05) is 17.2 Å². The maximum Gasteiger partial charge on any atom is 0.341 e. The molecular weight excluding hydrogens is 262 g/mol. The Balaban J connectivity index is 2.00. The van der Waals surface area contributed by atoms with E-state index in [1.165, 1.54) is 7.11 Å². The van der Waals surface area contributed by atoms with Gasteiger partial charge in [-0.05, 0) is 18.0 Å². The normalized spacial score (nSPS) is 29.9. The lowest BCUT2D eigenvalue weighted by molar-refractivity contribution is 0.0595. The predicted molar refractivity (Wildman–Crippen MR) is 68.5 cm³/mol. The summed E-state index contributed by atoms with van der Waals surface area (Å²) in [5.41, 5.74) is 9.62. The van der Waals surface area contributed by atoms with Crippen molar-refractivity contribution in [2.45, 2.75) is 30.6 Å². The van der Waals surface area contributed by atoms with Gasteiger partial charge in [0.15, 0.2) is 0 Å². The lowest BCUT2D eigenvalue weighted by Crippen LogP contribution is -2.22. The maximum atomic E-state index is 11.7. The van der Waals surface area contributed by atoms with E-state index in [1.54, 1.807) is 12.1 Å². The standard InChI is InChI=1S/C13H13N3O4/c1-19-13(18)7-4-2-3-6-10-9(20-12(6)7)5-8(11(10)17)15-16-14/h2-4,8-11,17H,5H2,1H3. The van der Waals surface area contributed by atoms with Crippen LogP contribution in [-0.2, 0) is 4.74 Å². The average molecular weight is 275 g/mol. The van der Waals surface area contributed by atoms with E-state index in [4.69, 9.17) is 15.0 Å². The zero-order chi connectivity index (χ0) is 14.3. The molecule has 1 aromatic carbocycles. The fourth-order valence-corrected chi connectivity index (χ4v) is 3.04. The number of esters is 1. The van der Waals surface area contributed by atoms with Gasteiger partial charge in [0.05, 0.1) is 25.2 Å². The van der Waals surface area contributed by atoms with Crippen LogP contribution in [0.1, 0.15) is 28.3 Å². The molecule has 3 rings (SSSR count). The fourth-order valence-electron chi connectivity index (χ4n) is 3.04. The monoisotopic (exact) mass is 275 g/mol. The van der Waals surface area contributed by atoms with Gasteiger partial charge in [0, 0.05) is 10.5 Å². The number of rotatable bonds is 2. The van der Waals surface area contributed by atoms with Crippen LogP contribution < -0.4 is 4.74 Å². The fraction of sp³-hybridized carbons (Fsp3) is 0.462. The minimum atomic E-state index is -0.801. The van der Waals surface area contributed by atoms with Crippen molar-refractivity contribution in [3.8, 4) is 5.75 Å². The van der Waals surface area contributed by atoms with Gasteiger partial charge in [0.2, 0.25) is 0 Å². The van der Waals surface area contributed by atoms with E-state index in [0.717, 1.165) is 5.56 Å². The SMILES string of the molecule is COC(=O)c1cccc2c1OC1CC(N=[N+]=[N-])C(O)C21. The summed E-state index contributed by atoms with van der Waals surface area (Å²) in [5, 5.41) is 13.9. The molecule has 4 atom stereocenters. The van der Waals surface area contributed by atoms with Gasteiger partial charge in [0.25, 0.3) is 0 Å². The average Bonchev–Trinajstić information content (AvgIpc) is 2.96. The molecule has 1 heterocycles. The molecule has 0 saturated heterocycles. The number of para-hydroxylation sites is 1. The molecule has 104 valence electrons. The maximum absolute atomic E-state index is 11.7. The molecule has 7 heteroatoms. The molecule has 0 radical (unpaired) electrons. The van der Waals surface area contributed by atoms with Crippen molar-refractivity contribution >= 4 is 5.97 Å². The van der Waals surface area contributed by atoms with Gasteiger partial charge in [-0.25, -0.2) is 4.79 Å². The number of azide groups is 1. The molecule has 1 fully saturated rings. The third-order valence-electron chi connectivity index (χ3n) is 3.92. The summed E-state index contributed by atoms with van der Waals surface area (Å²) in [6.07, 6.45) is -0.642. The lowest BCUT2D eigenvalue weighted by Gasteiger charge is -2.14. The predicted octanol–water partition coefficient (Wildman–Crippen LogP) is 1.76. The summed E-state index contributed by atoms with van der Waals surface area (Å²) in [5.74, 6) is -0.277. The third kappa shape index (κ3) is 1.71. The van der Waals surface area contributed by atoms with Crippen LogP contribution in [-0.4, -0.2) is 36.4 Å². The van der Waals surface area contributed by atoms with Crippen molar-refractivity contribution in [1.29, 1.82) is 0 Å². The lowest BCUT2D eigenvalue weighted by atomic mass is 9.94. The molecule has 1 N–H and O–H groups in total. The highest BCUT2D eigenvalue weighted by Crippen LogP contribution is 2.49. The molecule has 1 aliphatic carbocycles. The second-order valence-corrected chi connectivity index (χ2v) is 4.90. The summed E-state index contributed by atoms with van der Waals surface area (Å²) in [4.78, 5) is 14.5. The first kappa shape index (κ1) is 12.8. The quantitative estimate of drug-likeness (QED) is 0.384. The Morgan fingerprint density at radius 1 is 1.60 bits per heavy atom. The van der Waals surface area contributed by atoms with Crippen LogP contribution in [0.3, 0.4) is 0 Å². The molecule has 20 heavy (non-hydrogen) atoms. The van der Waals surface area contributed by atoms with Gasteiger partial charge in [-0.15, -0.1) is 0 Å². The van der Waals surface area contributed by atoms with E-state index >= 15 is 0 Å². The molecule has 0 bridgehead atoms. The number of fused-ring (bicyclic) bond motifs is 3. The summed E-state index contributed by atoms with van der Waals surface area (Å²) in [6.45, 7) is 0. The van der Waals surface area contributed by atoms with Crippen LogP contribution >= 0.6 is 0 Å². The second kappa shape index (κ2) is 4.70. The Hall–Kier alpha value is -2.24. The Bertz CT molecular complexity index is 612. The van der Waals surface area contributed by atoms with Crippen molar-refractivity contribution in [3.05, 3.63) is 39.8 Å². The number of aliphatic hydroxyl groups is 1. The van der Waals surface area contributed by atoms with Crippen molar-refractivity contribution in [2.75, 3.05) is 7.11 Å². The first-order chi connectivity index (χ1) is 9.67. The summed E-state index contributed by atoms with van der Waals surface area (Å²) in [6, 6.07) is 4.67. The highest BCUT2D eigenvalue weighted by Gasteiger charge is 2.50. The number of hydrogen-bond acceptors (Lipinski definition) is 5. The Morgan fingerprint density at radius 2 is 2.40 bits per heavy atom. The number of carbonyl (C=O) groups is 1. The summed E-state index contributed by atoms with van der Waals surface area (Å²) < 4.78 is 10.5. The molecule has 7 nitrogen and oxygen atoms in total. The number of benzene rings is 1. The number of ether oxygens (including phenoxy) is 2. The van der Waals surface area contributed by atoms with Crippen molar-refractivity contribution < 1.29 is 19.4 Å². The van der Waals surface area contributed by atoms with Crippen LogP contribution in [0.4, 0.5) is 0 Å². The van der Waals surface area contributed by atoms with E-state index < -0.39 is 18.1 Å². The zero-order valence-electron chi connectivity index (χ0n) is 10.8. The zero-order valence-corrected chi connectivity index (χ0v) is 10.8. The highest BCUT2D eigenvalue weighted by molar-refractivity contribution is 5.93. The molecule has 1 saturated carbocycles. The molecule has 0 aromatic heterocycles. The van der Waals surface area contributed by atoms with Gasteiger partial charge in [-0.3, -0.25) is 0 Å². The Morgan fingerprint density at radius 3 is 3.10 bits per heavy atom. The number of nitrogens with zero attached hydrogens (tertiary/aromatic N) is 3. The van der Waals surface area contributed by atoms with Crippen LogP contribution in [0, 0.1) is 0 Å². The molecule has 0 amide bonds. The summed E-state index contributed by atoms with van der Waals surface area (Å²) >= 11 is 0. The number of aliphatic hydroxyl groups excluding tert-OH is 1. The Kier molecular flexibility index (Phi) is 3.00. The molecule has 0 spiro atoms. The first-order valence-electron chi connectivity index (χ1n) is 6.27. The smallest absolute Gasteiger partial charge is 0.341 e. The first-order valence-corrected chi connectivity index (χ1v) is 6.27. The van der Waals surface area contributed by atoms with Crippen molar-refractivity contribution in [1.82, 2.24) is 0 Å². The summed E-state index contributed by atoms with van der Waals surface area (Å²) in [7, 11) is 1.31. The largest absolute Gasteiger partial charge is 0.488 e. The number of hydrogen-bond donors (Lipinski definition) is 1. The molecule has 2 aliphatic rings.